The lowest BCUT2D eigenvalue weighted by atomic mass is 9.78. The Kier molecular flexibility index (Phi) is 6.75. The van der Waals surface area contributed by atoms with Crippen LogP contribution in [-0.4, -0.2) is 56.4 Å². The van der Waals surface area contributed by atoms with Crippen molar-refractivity contribution in [2.45, 2.75) is 58.3 Å². The van der Waals surface area contributed by atoms with E-state index in [9.17, 15) is 14.4 Å². The Morgan fingerprint density at radius 2 is 1.66 bits per heavy atom. The lowest BCUT2D eigenvalue weighted by molar-refractivity contribution is -0.149. The minimum absolute atomic E-state index is 0.319. The Morgan fingerprint density at radius 1 is 1.07 bits per heavy atom. The van der Waals surface area contributed by atoms with Crippen molar-refractivity contribution in [2.75, 3.05) is 14.2 Å². The third-order valence-corrected chi connectivity index (χ3v) is 5.41. The van der Waals surface area contributed by atoms with Crippen molar-refractivity contribution in [3.63, 3.8) is 0 Å². The molecule has 9 heteroatoms. The molecule has 1 aliphatic heterocycles. The van der Waals surface area contributed by atoms with Gasteiger partial charge in [-0.3, -0.25) is 9.59 Å². The van der Waals surface area contributed by atoms with Crippen LogP contribution in [0.25, 0.3) is 0 Å². The van der Waals surface area contributed by atoms with Crippen molar-refractivity contribution in [1.82, 2.24) is 5.32 Å². The highest BCUT2D eigenvalue weighted by atomic mass is 16.7. The normalized spacial score (nSPS) is 18.1. The first-order valence-electron chi connectivity index (χ1n) is 9.33. The van der Waals surface area contributed by atoms with Gasteiger partial charge in [-0.2, -0.15) is 0 Å². The maximum absolute atomic E-state index is 12.7. The summed E-state index contributed by atoms with van der Waals surface area (Å²) < 4.78 is 21.3. The van der Waals surface area contributed by atoms with Gasteiger partial charge in [0.2, 0.25) is 0 Å². The van der Waals surface area contributed by atoms with E-state index in [0.717, 1.165) is 5.46 Å². The van der Waals surface area contributed by atoms with E-state index in [0.29, 0.717) is 11.1 Å². The van der Waals surface area contributed by atoms with Crippen molar-refractivity contribution in [2.24, 2.45) is 0 Å². The third kappa shape index (κ3) is 4.97. The van der Waals surface area contributed by atoms with Crippen LogP contribution in [0.4, 0.5) is 0 Å². The Labute approximate surface area is 171 Å². The molecule has 1 fully saturated rings. The Hall–Kier alpha value is -2.39. The van der Waals surface area contributed by atoms with Gasteiger partial charge in [-0.1, -0.05) is 12.1 Å². The number of nitrogens with one attached hydrogen (secondary N) is 1. The quantitative estimate of drug-likeness (QED) is 0.559. The van der Waals surface area contributed by atoms with Crippen molar-refractivity contribution in [1.29, 1.82) is 0 Å². The summed E-state index contributed by atoms with van der Waals surface area (Å²) in [5.41, 5.74) is 0.893. The summed E-state index contributed by atoms with van der Waals surface area (Å²) in [4.78, 5) is 36.1. The van der Waals surface area contributed by atoms with Gasteiger partial charge in [0.25, 0.3) is 5.91 Å². The first-order chi connectivity index (χ1) is 13.4. The van der Waals surface area contributed by atoms with Crippen molar-refractivity contribution in [3.05, 3.63) is 29.3 Å². The van der Waals surface area contributed by atoms with Gasteiger partial charge in [-0.15, -0.1) is 0 Å². The highest BCUT2D eigenvalue weighted by molar-refractivity contribution is 6.62. The molecule has 0 bridgehead atoms. The third-order valence-electron chi connectivity index (χ3n) is 5.41. The number of hydrogen-bond donors (Lipinski definition) is 1. The van der Waals surface area contributed by atoms with E-state index >= 15 is 0 Å². The molecule has 1 saturated heterocycles. The highest BCUT2D eigenvalue weighted by Gasteiger charge is 2.51. The summed E-state index contributed by atoms with van der Waals surface area (Å²) in [5, 5.41) is 2.53. The molecule has 1 unspecified atom stereocenters. The maximum Gasteiger partial charge on any atom is 0.494 e. The zero-order valence-corrected chi connectivity index (χ0v) is 18.0. The average Bonchev–Trinajstić information content (AvgIpc) is 2.87. The fourth-order valence-electron chi connectivity index (χ4n) is 2.89. The molecule has 0 spiro atoms. The molecule has 1 amide bonds. The number of carbonyl (C=O) groups excluding carboxylic acids is 3. The van der Waals surface area contributed by atoms with E-state index in [2.05, 4.69) is 14.8 Å². The van der Waals surface area contributed by atoms with Gasteiger partial charge in [0.15, 0.2) is 0 Å². The second kappa shape index (κ2) is 8.55. The summed E-state index contributed by atoms with van der Waals surface area (Å²) in [6, 6.07) is 4.06. The minimum atomic E-state index is -1.14. The molecule has 1 aromatic rings. The second-order valence-corrected chi connectivity index (χ2v) is 7.99. The molecule has 1 aromatic carbocycles. The first kappa shape index (κ1) is 22.9. The lowest BCUT2D eigenvalue weighted by Gasteiger charge is -2.32. The number of rotatable bonds is 6. The van der Waals surface area contributed by atoms with Crippen LogP contribution in [0.3, 0.4) is 0 Å². The van der Waals surface area contributed by atoms with E-state index in [4.69, 9.17) is 9.31 Å². The molecule has 2 rings (SSSR count). The zero-order chi connectivity index (χ0) is 22.0. The molecule has 1 N–H and O–H groups in total. The van der Waals surface area contributed by atoms with E-state index in [1.54, 1.807) is 19.1 Å². The Morgan fingerprint density at radius 3 is 2.14 bits per heavy atom. The highest BCUT2D eigenvalue weighted by Crippen LogP contribution is 2.36. The predicted molar refractivity (Wildman–Crippen MR) is 107 cm³/mol. The summed E-state index contributed by atoms with van der Waals surface area (Å²) in [6.45, 7) is 9.65. The van der Waals surface area contributed by atoms with Gasteiger partial charge < -0.3 is 24.1 Å². The molecular formula is C20H28BNO7. The SMILES string of the molecule is COC(=O)CC(NC(=O)c1ccc(B2OC(C)(C)C(C)(C)O2)cc1C)C(=O)OC. The second-order valence-electron chi connectivity index (χ2n) is 7.99. The zero-order valence-electron chi connectivity index (χ0n) is 18.0. The fourth-order valence-corrected chi connectivity index (χ4v) is 2.89. The van der Waals surface area contributed by atoms with Crippen LogP contribution in [0.2, 0.25) is 0 Å². The predicted octanol–water partition coefficient (Wildman–Crippen LogP) is 1.13. The van der Waals surface area contributed by atoms with Gasteiger partial charge >= 0.3 is 19.1 Å². The van der Waals surface area contributed by atoms with Gasteiger partial charge in [0.05, 0.1) is 31.8 Å². The molecule has 158 valence electrons. The van der Waals surface area contributed by atoms with E-state index in [-0.39, 0.29) is 6.42 Å². The molecule has 0 saturated carbocycles. The van der Waals surface area contributed by atoms with Gasteiger partial charge in [0.1, 0.15) is 6.04 Å². The minimum Gasteiger partial charge on any atom is -0.469 e. The lowest BCUT2D eigenvalue weighted by Crippen LogP contribution is -2.43. The number of amides is 1. The van der Waals surface area contributed by atoms with Crippen LogP contribution in [0.5, 0.6) is 0 Å². The van der Waals surface area contributed by atoms with Gasteiger partial charge in [-0.25, -0.2) is 4.79 Å². The van der Waals surface area contributed by atoms with Crippen LogP contribution >= 0.6 is 0 Å². The van der Waals surface area contributed by atoms with E-state index in [1.165, 1.54) is 14.2 Å². The summed E-state index contributed by atoms with van der Waals surface area (Å²) in [5.74, 6) is -1.86. The number of esters is 2. The number of aryl methyl sites for hydroxylation is 1. The first-order valence-corrected chi connectivity index (χ1v) is 9.33. The average molecular weight is 405 g/mol. The molecule has 1 heterocycles. The number of carbonyl (C=O) groups is 3. The Balaban J connectivity index is 2.18. The number of hydrogen-bond acceptors (Lipinski definition) is 7. The number of ether oxygens (including phenoxy) is 2. The van der Waals surface area contributed by atoms with Gasteiger partial charge in [0, 0.05) is 5.56 Å². The summed E-state index contributed by atoms with van der Waals surface area (Å²) >= 11 is 0. The molecule has 1 aliphatic rings. The molecule has 1 atom stereocenters. The smallest absolute Gasteiger partial charge is 0.469 e. The van der Waals surface area contributed by atoms with Gasteiger partial charge in [-0.05, 0) is 51.7 Å². The Bertz CT molecular complexity index is 790. The number of benzene rings is 1. The molecule has 29 heavy (non-hydrogen) atoms. The summed E-state index contributed by atoms with van der Waals surface area (Å²) in [7, 11) is 1.85. The summed E-state index contributed by atoms with van der Waals surface area (Å²) in [6.07, 6.45) is -0.319. The fraction of sp³-hybridized carbons (Fsp3) is 0.550. The standard InChI is InChI=1S/C20H28BNO7/c1-12-10-13(21-28-19(2,3)20(4,5)29-21)8-9-14(12)17(24)22-15(18(25)27-7)11-16(23)26-6/h8-10,15H,11H2,1-7H3,(H,22,24). The van der Waals surface area contributed by atoms with E-state index in [1.807, 2.05) is 33.8 Å². The molecular weight excluding hydrogens is 377 g/mol. The van der Waals surface area contributed by atoms with Crippen LogP contribution in [0.15, 0.2) is 18.2 Å². The van der Waals surface area contributed by atoms with Crippen LogP contribution in [0, 0.1) is 6.92 Å². The molecule has 0 radical (unpaired) electrons. The topological polar surface area (TPSA) is 100 Å². The molecule has 8 nitrogen and oxygen atoms in total. The van der Waals surface area contributed by atoms with E-state index < -0.39 is 42.2 Å². The van der Waals surface area contributed by atoms with Crippen molar-refractivity contribution >= 4 is 30.4 Å². The van der Waals surface area contributed by atoms with Crippen molar-refractivity contribution in [3.8, 4) is 0 Å². The number of methoxy groups -OCH3 is 2. The van der Waals surface area contributed by atoms with Crippen LogP contribution < -0.4 is 10.8 Å². The van der Waals surface area contributed by atoms with Crippen LogP contribution in [-0.2, 0) is 28.4 Å². The molecule has 0 aromatic heterocycles. The van der Waals surface area contributed by atoms with Crippen LogP contribution in [0.1, 0.15) is 50.0 Å². The van der Waals surface area contributed by atoms with Crippen molar-refractivity contribution < 1.29 is 33.2 Å². The monoisotopic (exact) mass is 405 g/mol. The largest absolute Gasteiger partial charge is 0.494 e. The molecule has 0 aliphatic carbocycles. The maximum atomic E-state index is 12.7.